The summed E-state index contributed by atoms with van der Waals surface area (Å²) < 4.78 is 1.06. The Morgan fingerprint density at radius 2 is 2.36 bits per heavy atom. The molecule has 1 unspecified atom stereocenters. The molecule has 1 aromatic carbocycles. The van der Waals surface area contributed by atoms with Crippen LogP contribution >= 0.6 is 15.9 Å². The summed E-state index contributed by atoms with van der Waals surface area (Å²) in [4.78, 5) is 7.68. The number of aromatic amines is 1. The van der Waals surface area contributed by atoms with Crippen LogP contribution < -0.4 is 5.73 Å². The van der Waals surface area contributed by atoms with Crippen LogP contribution in [0.15, 0.2) is 22.7 Å². The van der Waals surface area contributed by atoms with Crippen molar-refractivity contribution in [3.05, 3.63) is 28.5 Å². The van der Waals surface area contributed by atoms with E-state index >= 15 is 0 Å². The predicted molar refractivity (Wildman–Crippen MR) is 61.1 cm³/mol. The van der Waals surface area contributed by atoms with E-state index in [1.807, 2.05) is 25.1 Å². The number of H-pyrrole nitrogens is 1. The number of nitrogens with one attached hydrogen (secondary N) is 1. The number of benzene rings is 1. The predicted octanol–water partition coefficient (Wildman–Crippen LogP) is 2.22. The van der Waals surface area contributed by atoms with Crippen LogP contribution in [-0.4, -0.2) is 16.0 Å². The zero-order valence-corrected chi connectivity index (χ0v) is 9.51. The van der Waals surface area contributed by atoms with E-state index in [2.05, 4.69) is 25.9 Å². The van der Waals surface area contributed by atoms with E-state index in [-0.39, 0.29) is 6.04 Å². The average molecular weight is 254 g/mol. The summed E-state index contributed by atoms with van der Waals surface area (Å²) in [5.74, 6) is 0.952. The number of halogens is 1. The molecule has 1 aromatic heterocycles. The standard InChI is InChI=1S/C10H12BrN3/c1-6(12)4-10-13-8-3-2-7(11)5-9(8)14-10/h2-3,5-6H,4,12H2,1H3,(H,13,14). The van der Waals surface area contributed by atoms with Gasteiger partial charge in [0.15, 0.2) is 0 Å². The summed E-state index contributed by atoms with van der Waals surface area (Å²) in [6.45, 7) is 1.98. The summed E-state index contributed by atoms with van der Waals surface area (Å²) in [5.41, 5.74) is 7.75. The first-order valence-electron chi connectivity index (χ1n) is 4.55. The average Bonchev–Trinajstić information content (AvgIpc) is 2.44. The van der Waals surface area contributed by atoms with Crippen LogP contribution in [0, 0.1) is 0 Å². The summed E-state index contributed by atoms with van der Waals surface area (Å²) in [6.07, 6.45) is 0.784. The van der Waals surface area contributed by atoms with Crippen LogP contribution in [-0.2, 0) is 6.42 Å². The third-order valence-electron chi connectivity index (χ3n) is 2.01. The van der Waals surface area contributed by atoms with Gasteiger partial charge in [-0.25, -0.2) is 4.98 Å². The van der Waals surface area contributed by atoms with Gasteiger partial charge in [0.25, 0.3) is 0 Å². The normalized spacial score (nSPS) is 13.4. The summed E-state index contributed by atoms with van der Waals surface area (Å²) >= 11 is 3.42. The summed E-state index contributed by atoms with van der Waals surface area (Å²) in [7, 11) is 0. The molecular weight excluding hydrogens is 242 g/mol. The van der Waals surface area contributed by atoms with Crippen LogP contribution in [0.25, 0.3) is 11.0 Å². The maximum atomic E-state index is 5.71. The Balaban J connectivity index is 2.41. The lowest BCUT2D eigenvalue weighted by Gasteiger charge is -1.98. The number of rotatable bonds is 2. The lowest BCUT2D eigenvalue weighted by molar-refractivity contribution is 0.712. The third-order valence-corrected chi connectivity index (χ3v) is 2.50. The SMILES string of the molecule is CC(N)Cc1nc2ccc(Br)cc2[nH]1. The van der Waals surface area contributed by atoms with Gasteiger partial charge in [-0.3, -0.25) is 0 Å². The molecule has 0 bridgehead atoms. The largest absolute Gasteiger partial charge is 0.342 e. The van der Waals surface area contributed by atoms with E-state index < -0.39 is 0 Å². The summed E-state index contributed by atoms with van der Waals surface area (Å²) in [5, 5.41) is 0. The minimum absolute atomic E-state index is 0.138. The Morgan fingerprint density at radius 1 is 1.57 bits per heavy atom. The van der Waals surface area contributed by atoms with E-state index in [0.29, 0.717) is 0 Å². The van der Waals surface area contributed by atoms with Gasteiger partial charge in [0.1, 0.15) is 5.82 Å². The molecule has 0 fully saturated rings. The van der Waals surface area contributed by atoms with Gasteiger partial charge in [0.2, 0.25) is 0 Å². The van der Waals surface area contributed by atoms with Crippen LogP contribution in [0.4, 0.5) is 0 Å². The van der Waals surface area contributed by atoms with Crippen molar-refractivity contribution in [1.29, 1.82) is 0 Å². The van der Waals surface area contributed by atoms with Crippen molar-refractivity contribution in [2.75, 3.05) is 0 Å². The number of hydrogen-bond acceptors (Lipinski definition) is 2. The molecule has 0 radical (unpaired) electrons. The van der Waals surface area contributed by atoms with E-state index in [1.54, 1.807) is 0 Å². The molecule has 0 saturated heterocycles. The Labute approximate surface area is 90.8 Å². The number of nitrogens with two attached hydrogens (primary N) is 1. The number of fused-ring (bicyclic) bond motifs is 1. The van der Waals surface area contributed by atoms with Crippen molar-refractivity contribution in [3.63, 3.8) is 0 Å². The second-order valence-corrected chi connectivity index (χ2v) is 4.44. The Hall–Kier alpha value is -0.870. The zero-order chi connectivity index (χ0) is 10.1. The molecule has 3 nitrogen and oxygen atoms in total. The Kier molecular flexibility index (Phi) is 2.56. The molecule has 1 atom stereocenters. The first kappa shape index (κ1) is 9.68. The van der Waals surface area contributed by atoms with Gasteiger partial charge in [0, 0.05) is 16.9 Å². The molecule has 0 spiro atoms. The second kappa shape index (κ2) is 3.71. The molecule has 3 N–H and O–H groups in total. The van der Waals surface area contributed by atoms with Crippen molar-refractivity contribution in [2.24, 2.45) is 5.73 Å². The fourth-order valence-electron chi connectivity index (χ4n) is 1.44. The van der Waals surface area contributed by atoms with E-state index in [1.165, 1.54) is 0 Å². The smallest absolute Gasteiger partial charge is 0.108 e. The highest BCUT2D eigenvalue weighted by molar-refractivity contribution is 9.10. The van der Waals surface area contributed by atoms with E-state index in [4.69, 9.17) is 5.73 Å². The number of hydrogen-bond donors (Lipinski definition) is 2. The quantitative estimate of drug-likeness (QED) is 0.863. The van der Waals surface area contributed by atoms with E-state index in [9.17, 15) is 0 Å². The van der Waals surface area contributed by atoms with Gasteiger partial charge < -0.3 is 10.7 Å². The molecule has 0 aliphatic rings. The van der Waals surface area contributed by atoms with Crippen LogP contribution in [0.2, 0.25) is 0 Å². The van der Waals surface area contributed by atoms with Gasteiger partial charge >= 0.3 is 0 Å². The highest BCUT2D eigenvalue weighted by Crippen LogP contribution is 2.17. The Morgan fingerprint density at radius 3 is 3.07 bits per heavy atom. The van der Waals surface area contributed by atoms with Gasteiger partial charge in [0.05, 0.1) is 11.0 Å². The number of aromatic nitrogens is 2. The molecular formula is C10H12BrN3. The molecule has 0 amide bonds. The highest BCUT2D eigenvalue weighted by Gasteiger charge is 2.04. The van der Waals surface area contributed by atoms with Crippen molar-refractivity contribution >= 4 is 27.0 Å². The highest BCUT2D eigenvalue weighted by atomic mass is 79.9. The number of imidazole rings is 1. The number of nitrogens with zero attached hydrogens (tertiary/aromatic N) is 1. The maximum absolute atomic E-state index is 5.71. The molecule has 2 aromatic rings. The molecule has 0 aliphatic carbocycles. The van der Waals surface area contributed by atoms with Gasteiger partial charge in [-0.15, -0.1) is 0 Å². The minimum atomic E-state index is 0.138. The van der Waals surface area contributed by atoms with Crippen LogP contribution in [0.3, 0.4) is 0 Å². The first-order chi connectivity index (χ1) is 6.65. The lowest BCUT2D eigenvalue weighted by Crippen LogP contribution is -2.18. The third kappa shape index (κ3) is 1.96. The summed E-state index contributed by atoms with van der Waals surface area (Å²) in [6, 6.07) is 6.13. The fraction of sp³-hybridized carbons (Fsp3) is 0.300. The molecule has 0 aliphatic heterocycles. The first-order valence-corrected chi connectivity index (χ1v) is 5.34. The monoisotopic (exact) mass is 253 g/mol. The van der Waals surface area contributed by atoms with Gasteiger partial charge in [-0.2, -0.15) is 0 Å². The Bertz CT molecular complexity index is 448. The lowest BCUT2D eigenvalue weighted by atomic mass is 10.2. The molecule has 14 heavy (non-hydrogen) atoms. The second-order valence-electron chi connectivity index (χ2n) is 3.53. The zero-order valence-electron chi connectivity index (χ0n) is 7.92. The van der Waals surface area contributed by atoms with Crippen molar-refractivity contribution < 1.29 is 0 Å². The van der Waals surface area contributed by atoms with E-state index in [0.717, 1.165) is 27.8 Å². The van der Waals surface area contributed by atoms with Gasteiger partial charge in [-0.05, 0) is 25.1 Å². The molecule has 4 heteroatoms. The van der Waals surface area contributed by atoms with Crippen LogP contribution in [0.5, 0.6) is 0 Å². The fourth-order valence-corrected chi connectivity index (χ4v) is 1.80. The van der Waals surface area contributed by atoms with Crippen LogP contribution in [0.1, 0.15) is 12.7 Å². The molecule has 74 valence electrons. The molecule has 2 rings (SSSR count). The minimum Gasteiger partial charge on any atom is -0.342 e. The van der Waals surface area contributed by atoms with Crippen molar-refractivity contribution in [2.45, 2.75) is 19.4 Å². The van der Waals surface area contributed by atoms with Gasteiger partial charge in [-0.1, -0.05) is 15.9 Å². The topological polar surface area (TPSA) is 54.7 Å². The molecule has 0 saturated carbocycles. The van der Waals surface area contributed by atoms with Crippen molar-refractivity contribution in [3.8, 4) is 0 Å². The maximum Gasteiger partial charge on any atom is 0.108 e. The van der Waals surface area contributed by atoms with Crippen molar-refractivity contribution in [1.82, 2.24) is 9.97 Å². The molecule has 1 heterocycles.